The zero-order valence-corrected chi connectivity index (χ0v) is 48.7. The molecule has 430 valence electrons. The van der Waals surface area contributed by atoms with E-state index in [2.05, 4.69) is 26.7 Å². The number of piperazine rings is 1. The molecule has 22 heteroatoms. The molecule has 3 aromatic heterocycles. The van der Waals surface area contributed by atoms with Gasteiger partial charge in [-0.3, -0.25) is 4.90 Å². The van der Waals surface area contributed by atoms with E-state index >= 15 is 0 Å². The van der Waals surface area contributed by atoms with Crippen molar-refractivity contribution in [2.24, 2.45) is 0 Å². The number of nitrogens with zero attached hydrogens (tertiary/aromatic N) is 7. The van der Waals surface area contributed by atoms with Crippen molar-refractivity contribution in [2.75, 3.05) is 124 Å². The van der Waals surface area contributed by atoms with Gasteiger partial charge >= 0.3 is 5.97 Å². The van der Waals surface area contributed by atoms with Crippen LogP contribution in [0, 0.1) is 19.7 Å². The Morgan fingerprint density at radius 1 is 0.850 bits per heavy atom. The number of halogens is 3. The van der Waals surface area contributed by atoms with Gasteiger partial charge in [0.1, 0.15) is 53.4 Å². The first kappa shape index (κ1) is 59.1. The number of benzene rings is 3. The Kier molecular flexibility index (Phi) is 20.3. The van der Waals surface area contributed by atoms with Gasteiger partial charge in [0.25, 0.3) is 0 Å². The summed E-state index contributed by atoms with van der Waals surface area (Å²) in [6, 6.07) is 13.5. The molecule has 0 radical (unpaired) electrons. The molecule has 3 aromatic carbocycles. The second kappa shape index (κ2) is 27.5. The fourth-order valence-electron chi connectivity index (χ4n) is 9.64. The fourth-order valence-corrected chi connectivity index (χ4v) is 11.3. The Morgan fingerprint density at radius 3 is 2.30 bits per heavy atom. The highest BCUT2D eigenvalue weighted by molar-refractivity contribution is 7.22. The molecule has 10 rings (SSSR count). The van der Waals surface area contributed by atoms with Gasteiger partial charge in [-0.2, -0.15) is 0 Å². The van der Waals surface area contributed by atoms with Crippen LogP contribution in [-0.4, -0.2) is 179 Å². The lowest BCUT2D eigenvalue weighted by Crippen LogP contribution is -2.49. The Labute approximate surface area is 480 Å². The molecule has 0 amide bonds. The minimum atomic E-state index is -1.28. The van der Waals surface area contributed by atoms with E-state index in [4.69, 9.17) is 85.5 Å². The maximum absolute atomic E-state index is 14.7. The van der Waals surface area contributed by atoms with Crippen LogP contribution >= 0.6 is 34.5 Å². The van der Waals surface area contributed by atoms with E-state index in [1.165, 1.54) is 29.8 Å². The number of hydrogen-bond donors (Lipinski definition) is 0. The van der Waals surface area contributed by atoms with E-state index in [0.717, 1.165) is 31.1 Å². The molecule has 0 aliphatic carbocycles. The van der Waals surface area contributed by atoms with E-state index in [0.29, 0.717) is 155 Å². The van der Waals surface area contributed by atoms with Gasteiger partial charge < -0.3 is 57.2 Å². The Balaban J connectivity index is 1.04. The van der Waals surface area contributed by atoms with Gasteiger partial charge in [-0.15, -0.1) is 11.3 Å². The number of rotatable bonds is 19. The monoisotopic (exact) mass is 1160 g/mol. The highest BCUT2D eigenvalue weighted by Crippen LogP contribution is 2.53. The number of aromatic nitrogens is 4. The van der Waals surface area contributed by atoms with Gasteiger partial charge in [0.15, 0.2) is 5.75 Å². The Hall–Kier alpha value is -5.52. The number of hydrogen-bond acceptors (Lipinski definition) is 19. The Morgan fingerprint density at radius 2 is 1.57 bits per heavy atom. The van der Waals surface area contributed by atoms with Crippen LogP contribution in [0.1, 0.15) is 43.2 Å². The molecule has 7 heterocycles. The lowest BCUT2D eigenvalue weighted by molar-refractivity contribution is -0.163. The van der Waals surface area contributed by atoms with Gasteiger partial charge in [-0.1, -0.05) is 35.3 Å². The second-order valence-corrected chi connectivity index (χ2v) is 22.6. The molecular weight excluding hydrogens is 1090 g/mol. The number of esters is 1. The molecular formula is C58H70Cl2FN7O11S. The number of likely N-dealkylation sites (N-methyl/N-ethyl adjacent to an activating group) is 1. The standard InChI is InChI=1S/C58H70Cl2FN7O11S/c1-36-47-37(2)51(60)52(50(36)59)77-44(30-67-18-16-66(6)17-19-67)34-75-42-12-13-45(76-32-41-14-15-62-57(65-41)68-20-21-74-43(31-68)33-73-27-26-72-25-24-71-23-22-70-7)39(28-42)29-46(56(69)79-58(3,4)5)78-54-49-48(47)53(80-55(49)64-35-63-54)38-8-10-40(61)11-9-38/h8-15,28,35,43-44,46H,16-27,29-34H2,1-7H3/t43-,44+,46+/m0/s1. The van der Waals surface area contributed by atoms with Crippen LogP contribution in [-0.2, 0) is 46.2 Å². The van der Waals surface area contributed by atoms with Gasteiger partial charge in [0, 0.05) is 81.5 Å². The van der Waals surface area contributed by atoms with Gasteiger partial charge in [0.05, 0.1) is 80.1 Å². The van der Waals surface area contributed by atoms with Crippen molar-refractivity contribution in [3.63, 3.8) is 0 Å². The molecule has 2 saturated heterocycles. The van der Waals surface area contributed by atoms with Gasteiger partial charge in [-0.05, 0) is 100 Å². The third kappa shape index (κ3) is 15.1. The normalized spacial score (nSPS) is 18.4. The summed E-state index contributed by atoms with van der Waals surface area (Å²) in [4.78, 5) is 41.7. The topological polar surface area (TPSA) is 171 Å². The van der Waals surface area contributed by atoms with Crippen molar-refractivity contribution in [3.05, 3.63) is 99.3 Å². The number of carbonyl (C=O) groups is 1. The average Bonchev–Trinajstić information content (AvgIpc) is 3.96. The first-order valence-electron chi connectivity index (χ1n) is 26.9. The number of morpholine rings is 1. The number of thiophene rings is 1. The second-order valence-electron chi connectivity index (χ2n) is 20.9. The predicted molar refractivity (Wildman–Crippen MR) is 305 cm³/mol. The molecule has 4 bridgehead atoms. The third-order valence-corrected chi connectivity index (χ3v) is 15.8. The SMILES string of the molecule is COCCOCCOCCOC[C@@H]1CN(c2nccc(COc3ccc4cc3C[C@H](C(=O)OC(C)(C)C)Oc3ncnc5sc(-c6ccc(F)cc6)c(c35)-c3c(C)c(Cl)c(c(Cl)c3C)O[C@H](CN3CCN(C)CC3)CO4)n2)CCO1. The summed E-state index contributed by atoms with van der Waals surface area (Å²) < 4.78 is 75.8. The minimum Gasteiger partial charge on any atom is -0.490 e. The first-order valence-corrected chi connectivity index (χ1v) is 28.5. The van der Waals surface area contributed by atoms with E-state index in [9.17, 15) is 9.18 Å². The van der Waals surface area contributed by atoms with Crippen LogP contribution in [0.25, 0.3) is 31.8 Å². The van der Waals surface area contributed by atoms with Crippen molar-refractivity contribution in [2.45, 2.75) is 71.6 Å². The summed E-state index contributed by atoms with van der Waals surface area (Å²) in [7, 11) is 3.75. The number of fused-ring (bicyclic) bond motifs is 7. The van der Waals surface area contributed by atoms with Crippen LogP contribution in [0.15, 0.2) is 61.1 Å². The highest BCUT2D eigenvalue weighted by atomic mass is 35.5. The summed E-state index contributed by atoms with van der Waals surface area (Å²) in [6.45, 7) is 18.3. The van der Waals surface area contributed by atoms with Crippen LogP contribution in [0.3, 0.4) is 0 Å². The van der Waals surface area contributed by atoms with Crippen LogP contribution < -0.4 is 23.8 Å². The van der Waals surface area contributed by atoms with Crippen molar-refractivity contribution in [1.29, 1.82) is 0 Å². The van der Waals surface area contributed by atoms with E-state index < -0.39 is 23.8 Å². The third-order valence-electron chi connectivity index (χ3n) is 13.7. The zero-order chi connectivity index (χ0) is 56.3. The zero-order valence-electron chi connectivity index (χ0n) is 46.4. The molecule has 0 spiro atoms. The molecule has 0 unspecified atom stereocenters. The fraction of sp³-hybridized carbons (Fsp3) is 0.500. The smallest absolute Gasteiger partial charge is 0.348 e. The maximum atomic E-state index is 14.7. The summed E-state index contributed by atoms with van der Waals surface area (Å²) in [5, 5.41) is 1.13. The quantitative estimate of drug-likeness (QED) is 0.0555. The summed E-state index contributed by atoms with van der Waals surface area (Å²) in [6.07, 6.45) is 1.05. The summed E-state index contributed by atoms with van der Waals surface area (Å²) >= 11 is 16.2. The van der Waals surface area contributed by atoms with Crippen molar-refractivity contribution < 1.29 is 56.6 Å². The van der Waals surface area contributed by atoms with Crippen molar-refractivity contribution in [1.82, 2.24) is 29.7 Å². The predicted octanol–water partition coefficient (Wildman–Crippen LogP) is 9.08. The maximum Gasteiger partial charge on any atom is 0.348 e. The number of carbonyl (C=O) groups excluding carboxylic acids is 1. The molecule has 2 fully saturated rings. The van der Waals surface area contributed by atoms with Crippen LogP contribution in [0.4, 0.5) is 10.3 Å². The van der Waals surface area contributed by atoms with Crippen LogP contribution in [0.2, 0.25) is 10.0 Å². The molecule has 6 aromatic rings. The minimum absolute atomic E-state index is 0.0375. The van der Waals surface area contributed by atoms with Crippen molar-refractivity contribution in [3.8, 4) is 44.7 Å². The molecule has 3 atom stereocenters. The molecule has 18 nitrogen and oxygen atoms in total. The molecule has 0 N–H and O–H groups in total. The molecule has 4 aliphatic rings. The van der Waals surface area contributed by atoms with E-state index in [1.54, 1.807) is 52.3 Å². The largest absolute Gasteiger partial charge is 0.490 e. The van der Waals surface area contributed by atoms with Crippen molar-refractivity contribution >= 4 is 56.7 Å². The summed E-state index contributed by atoms with van der Waals surface area (Å²) in [5.41, 5.74) is 3.71. The number of ether oxygens (including phenoxy) is 10. The highest BCUT2D eigenvalue weighted by Gasteiger charge is 2.34. The average molecular weight is 1160 g/mol. The molecule has 80 heavy (non-hydrogen) atoms. The van der Waals surface area contributed by atoms with Gasteiger partial charge in [0.2, 0.25) is 17.9 Å². The molecule has 4 aliphatic heterocycles. The lowest BCUT2D eigenvalue weighted by atomic mass is 9.92. The first-order chi connectivity index (χ1) is 38.6. The lowest BCUT2D eigenvalue weighted by Gasteiger charge is -2.35. The van der Waals surface area contributed by atoms with E-state index in [-0.39, 0.29) is 37.4 Å². The van der Waals surface area contributed by atoms with E-state index in [1.807, 2.05) is 32.0 Å². The van der Waals surface area contributed by atoms with Crippen LogP contribution in [0.5, 0.6) is 23.1 Å². The number of methoxy groups -OCH3 is 1. The number of anilines is 1. The Bertz CT molecular complexity index is 3020. The summed E-state index contributed by atoms with van der Waals surface area (Å²) in [5.74, 6) is 0.888. The van der Waals surface area contributed by atoms with Gasteiger partial charge in [-0.25, -0.2) is 29.1 Å². The molecule has 0 saturated carbocycles.